The lowest BCUT2D eigenvalue weighted by Crippen LogP contribution is -2.29. The number of nitrogens with one attached hydrogen (secondary N) is 1. The molecule has 0 radical (unpaired) electrons. The summed E-state index contributed by atoms with van der Waals surface area (Å²) in [6.07, 6.45) is 1.56. The molecule has 0 fully saturated rings. The summed E-state index contributed by atoms with van der Waals surface area (Å²) >= 11 is 0. The number of hydrogen-bond acceptors (Lipinski definition) is 4. The summed E-state index contributed by atoms with van der Waals surface area (Å²) in [6.45, 7) is 7.82. The summed E-state index contributed by atoms with van der Waals surface area (Å²) in [5.41, 5.74) is 2.39. The highest BCUT2D eigenvalue weighted by atomic mass is 32.2. The van der Waals surface area contributed by atoms with Crippen molar-refractivity contribution in [2.45, 2.75) is 45.2 Å². The predicted octanol–water partition coefficient (Wildman–Crippen LogP) is 4.49. The second kappa shape index (κ2) is 8.34. The number of ether oxygens (including phenoxy) is 1. The molecule has 1 heterocycles. The van der Waals surface area contributed by atoms with Crippen LogP contribution in [0.1, 0.15) is 36.7 Å². The van der Waals surface area contributed by atoms with Crippen LogP contribution < -0.4 is 9.46 Å². The van der Waals surface area contributed by atoms with Gasteiger partial charge in [-0.05, 0) is 57.5 Å². The zero-order valence-corrected chi connectivity index (χ0v) is 17.6. The first kappa shape index (κ1) is 21.0. The van der Waals surface area contributed by atoms with Gasteiger partial charge in [-0.25, -0.2) is 22.5 Å². The molecule has 3 aromatic rings. The molecule has 0 saturated carbocycles. The van der Waals surface area contributed by atoms with Crippen molar-refractivity contribution in [2.75, 3.05) is 0 Å². The second-order valence-electron chi connectivity index (χ2n) is 6.90. The minimum Gasteiger partial charge on any atom is -0.426 e. The molecular weight excluding hydrogens is 393 g/mol. The number of benzene rings is 2. The lowest BCUT2D eigenvalue weighted by Gasteiger charge is -2.17. The van der Waals surface area contributed by atoms with Gasteiger partial charge in [0, 0.05) is 6.54 Å². The summed E-state index contributed by atoms with van der Waals surface area (Å²) in [5, 5.41) is 0. The largest absolute Gasteiger partial charge is 0.426 e. The maximum atomic E-state index is 14.1. The Bertz CT molecular complexity index is 1110. The van der Waals surface area contributed by atoms with Crippen molar-refractivity contribution in [3.63, 3.8) is 0 Å². The molecule has 154 valence electrons. The Morgan fingerprint density at radius 3 is 2.45 bits per heavy atom. The van der Waals surface area contributed by atoms with E-state index in [1.165, 1.54) is 12.1 Å². The molecule has 1 unspecified atom stereocenters. The van der Waals surface area contributed by atoms with Gasteiger partial charge in [-0.3, -0.25) is 4.57 Å². The zero-order valence-electron chi connectivity index (χ0n) is 16.8. The van der Waals surface area contributed by atoms with E-state index in [0.29, 0.717) is 29.6 Å². The lowest BCUT2D eigenvalue weighted by atomic mass is 10.2. The normalized spacial score (nSPS) is 12.7. The molecule has 0 aliphatic heterocycles. The fourth-order valence-corrected chi connectivity index (χ4v) is 4.38. The maximum Gasteiger partial charge on any atom is 0.302 e. The van der Waals surface area contributed by atoms with Crippen LogP contribution in [0.5, 0.6) is 11.8 Å². The van der Waals surface area contributed by atoms with Crippen LogP contribution in [0.15, 0.2) is 53.6 Å². The quantitative estimate of drug-likeness (QED) is 0.615. The first-order chi connectivity index (χ1) is 13.7. The van der Waals surface area contributed by atoms with E-state index in [2.05, 4.69) is 9.71 Å². The third-order valence-electron chi connectivity index (χ3n) is 4.55. The Balaban J connectivity index is 1.85. The van der Waals surface area contributed by atoms with E-state index in [1.807, 2.05) is 38.1 Å². The number of halogens is 1. The molecule has 8 heteroatoms. The Kier molecular flexibility index (Phi) is 6.04. The topological polar surface area (TPSA) is 73.2 Å². The molecule has 1 atom stereocenters. The summed E-state index contributed by atoms with van der Waals surface area (Å²) in [4.78, 5) is 3.92. The fourth-order valence-electron chi connectivity index (χ4n) is 3.00. The third-order valence-corrected chi connectivity index (χ3v) is 6.10. The smallest absolute Gasteiger partial charge is 0.302 e. The number of sulfonamides is 1. The average molecular weight is 418 g/mol. The Morgan fingerprint density at radius 1 is 1.14 bits per heavy atom. The first-order valence-corrected chi connectivity index (χ1v) is 10.8. The molecular formula is C21H24FN3O3S. The number of hydrogen-bond donors (Lipinski definition) is 1. The van der Waals surface area contributed by atoms with Gasteiger partial charge in [0.2, 0.25) is 10.0 Å². The molecule has 0 aliphatic rings. The number of aryl methyl sites for hydroxylation is 2. The van der Waals surface area contributed by atoms with Gasteiger partial charge < -0.3 is 4.74 Å². The maximum absolute atomic E-state index is 14.1. The monoisotopic (exact) mass is 417 g/mol. The highest BCUT2D eigenvalue weighted by Crippen LogP contribution is 2.26. The van der Waals surface area contributed by atoms with Crippen molar-refractivity contribution < 1.29 is 17.5 Å². The standard InChI is InChI=1S/C21H24FN3O3S/c1-5-25-19(13-23-21(25)28-17-9-6-14(2)7-10-17)16(4)24-29(26,27)20-12-15(3)8-11-18(20)22/h6-13,16,24H,5H2,1-4H3. The highest BCUT2D eigenvalue weighted by Gasteiger charge is 2.25. The average Bonchev–Trinajstić information content (AvgIpc) is 3.08. The number of imidazole rings is 1. The van der Waals surface area contributed by atoms with E-state index < -0.39 is 21.9 Å². The molecule has 3 rings (SSSR count). The van der Waals surface area contributed by atoms with E-state index >= 15 is 0 Å². The van der Waals surface area contributed by atoms with Crippen LogP contribution in [0.3, 0.4) is 0 Å². The molecule has 0 saturated heterocycles. The summed E-state index contributed by atoms with van der Waals surface area (Å²) in [7, 11) is -4.05. The van der Waals surface area contributed by atoms with Gasteiger partial charge in [0.25, 0.3) is 0 Å². The van der Waals surface area contributed by atoms with Gasteiger partial charge in [-0.2, -0.15) is 0 Å². The summed E-state index contributed by atoms with van der Waals surface area (Å²) in [5.74, 6) is -0.153. The third kappa shape index (κ3) is 4.65. The van der Waals surface area contributed by atoms with Crippen LogP contribution in [-0.2, 0) is 16.6 Å². The molecule has 6 nitrogen and oxygen atoms in total. The number of rotatable bonds is 7. The summed E-state index contributed by atoms with van der Waals surface area (Å²) < 4.78 is 49.7. The Labute approximate surface area is 170 Å². The van der Waals surface area contributed by atoms with Crippen molar-refractivity contribution in [2.24, 2.45) is 0 Å². The molecule has 0 bridgehead atoms. The van der Waals surface area contributed by atoms with E-state index in [9.17, 15) is 12.8 Å². The Hall–Kier alpha value is -2.71. The van der Waals surface area contributed by atoms with Gasteiger partial charge in [-0.1, -0.05) is 23.8 Å². The fraction of sp³-hybridized carbons (Fsp3) is 0.286. The van der Waals surface area contributed by atoms with Crippen molar-refractivity contribution in [3.8, 4) is 11.8 Å². The molecule has 0 aliphatic carbocycles. The van der Waals surface area contributed by atoms with Crippen LogP contribution in [0.2, 0.25) is 0 Å². The van der Waals surface area contributed by atoms with Crippen LogP contribution in [0.25, 0.3) is 0 Å². The number of nitrogens with zero attached hydrogens (tertiary/aromatic N) is 2. The van der Waals surface area contributed by atoms with Gasteiger partial charge in [0.05, 0.1) is 17.9 Å². The minimum absolute atomic E-state index is 0.360. The molecule has 0 amide bonds. The molecule has 0 spiro atoms. The van der Waals surface area contributed by atoms with Gasteiger partial charge in [-0.15, -0.1) is 0 Å². The van der Waals surface area contributed by atoms with Gasteiger partial charge in [0.15, 0.2) is 0 Å². The lowest BCUT2D eigenvalue weighted by molar-refractivity contribution is 0.408. The van der Waals surface area contributed by atoms with Crippen LogP contribution in [0, 0.1) is 19.7 Å². The van der Waals surface area contributed by atoms with E-state index in [-0.39, 0.29) is 4.90 Å². The minimum atomic E-state index is -4.05. The van der Waals surface area contributed by atoms with Crippen LogP contribution >= 0.6 is 0 Å². The van der Waals surface area contributed by atoms with Gasteiger partial charge >= 0.3 is 6.01 Å². The van der Waals surface area contributed by atoms with E-state index in [4.69, 9.17) is 4.74 Å². The highest BCUT2D eigenvalue weighted by molar-refractivity contribution is 7.89. The van der Waals surface area contributed by atoms with Crippen molar-refractivity contribution >= 4 is 10.0 Å². The summed E-state index contributed by atoms with van der Waals surface area (Å²) in [6, 6.07) is 11.3. The zero-order chi connectivity index (χ0) is 21.2. The Morgan fingerprint density at radius 2 is 1.79 bits per heavy atom. The van der Waals surface area contributed by atoms with Crippen molar-refractivity contribution in [1.82, 2.24) is 14.3 Å². The van der Waals surface area contributed by atoms with Crippen LogP contribution in [-0.4, -0.2) is 18.0 Å². The van der Waals surface area contributed by atoms with Crippen molar-refractivity contribution in [3.05, 3.63) is 71.3 Å². The van der Waals surface area contributed by atoms with E-state index in [1.54, 1.807) is 24.6 Å². The number of aromatic nitrogens is 2. The van der Waals surface area contributed by atoms with E-state index in [0.717, 1.165) is 11.6 Å². The van der Waals surface area contributed by atoms with Crippen molar-refractivity contribution in [1.29, 1.82) is 0 Å². The van der Waals surface area contributed by atoms with Crippen LogP contribution in [0.4, 0.5) is 4.39 Å². The molecule has 2 aromatic carbocycles. The predicted molar refractivity (Wildman–Crippen MR) is 109 cm³/mol. The molecule has 1 N–H and O–H groups in total. The SMILES string of the molecule is CCn1c(C(C)NS(=O)(=O)c2cc(C)ccc2F)cnc1Oc1ccc(C)cc1. The molecule has 29 heavy (non-hydrogen) atoms. The second-order valence-corrected chi connectivity index (χ2v) is 8.58. The van der Waals surface area contributed by atoms with Gasteiger partial charge in [0.1, 0.15) is 16.5 Å². The first-order valence-electron chi connectivity index (χ1n) is 9.29. The molecule has 1 aromatic heterocycles.